The summed E-state index contributed by atoms with van der Waals surface area (Å²) in [4.78, 5) is 3.99. The van der Waals surface area contributed by atoms with E-state index in [-0.39, 0.29) is 0 Å². The van der Waals surface area contributed by atoms with Crippen LogP contribution in [0.5, 0.6) is 0 Å². The Labute approximate surface area is 112 Å². The summed E-state index contributed by atoms with van der Waals surface area (Å²) in [6, 6.07) is 0.506. The first-order chi connectivity index (χ1) is 8.57. The number of hydrogen-bond acceptors (Lipinski definition) is 3. The molecule has 0 aromatic heterocycles. The largest absolute Gasteiger partial charge is 0.390 e. The Bertz CT molecular complexity index is 236. The quantitative estimate of drug-likeness (QED) is 0.301. The fourth-order valence-corrected chi connectivity index (χ4v) is 1.67. The lowest BCUT2D eigenvalue weighted by molar-refractivity contribution is 0.502. The van der Waals surface area contributed by atoms with Crippen LogP contribution in [0.2, 0.25) is 0 Å². The van der Waals surface area contributed by atoms with Gasteiger partial charge in [-0.1, -0.05) is 33.1 Å². The first-order valence-electron chi connectivity index (χ1n) is 7.08. The second-order valence-electron chi connectivity index (χ2n) is 5.22. The minimum absolute atomic E-state index is 0.354. The van der Waals surface area contributed by atoms with Crippen molar-refractivity contribution in [2.24, 2.45) is 16.6 Å². The number of rotatable bonds is 11. The van der Waals surface area contributed by atoms with E-state index in [4.69, 9.17) is 11.1 Å². The molecule has 1 unspecified atom stereocenters. The minimum Gasteiger partial charge on any atom is -0.390 e. The summed E-state index contributed by atoms with van der Waals surface area (Å²) in [7, 11) is 0. The van der Waals surface area contributed by atoms with Crippen LogP contribution in [0.4, 0.5) is 0 Å². The molecule has 0 radical (unpaired) electrons. The second-order valence-corrected chi connectivity index (χ2v) is 5.22. The maximum atomic E-state index is 7.76. The zero-order valence-corrected chi connectivity index (χ0v) is 12.2. The lowest BCUT2D eigenvalue weighted by Gasteiger charge is -2.15. The van der Waals surface area contributed by atoms with Gasteiger partial charge in [0.15, 0.2) is 0 Å². The van der Waals surface area contributed by atoms with E-state index in [9.17, 15) is 0 Å². The average Bonchev–Trinajstić information content (AvgIpc) is 2.34. The van der Waals surface area contributed by atoms with Crippen molar-refractivity contribution in [2.45, 2.75) is 58.9 Å². The third kappa shape index (κ3) is 10.3. The molecule has 0 aromatic rings. The molecule has 106 valence electrons. The molecule has 0 heterocycles. The van der Waals surface area contributed by atoms with E-state index in [1.807, 2.05) is 0 Å². The molecular formula is C14H30N4. The van der Waals surface area contributed by atoms with Crippen LogP contribution in [-0.4, -0.2) is 31.2 Å². The monoisotopic (exact) mass is 254 g/mol. The molecule has 0 spiro atoms. The summed E-state index contributed by atoms with van der Waals surface area (Å²) >= 11 is 0. The van der Waals surface area contributed by atoms with Gasteiger partial charge < -0.3 is 16.5 Å². The van der Waals surface area contributed by atoms with Crippen LogP contribution in [-0.2, 0) is 0 Å². The Balaban J connectivity index is 3.37. The first-order valence-corrected chi connectivity index (χ1v) is 7.08. The first kappa shape index (κ1) is 17.1. The summed E-state index contributed by atoms with van der Waals surface area (Å²) < 4.78 is 0. The van der Waals surface area contributed by atoms with Crippen molar-refractivity contribution >= 4 is 12.1 Å². The molecule has 0 aromatic carbocycles. The Kier molecular flexibility index (Phi) is 10.6. The summed E-state index contributed by atoms with van der Waals surface area (Å²) in [5, 5.41) is 11.2. The van der Waals surface area contributed by atoms with E-state index < -0.39 is 0 Å². The van der Waals surface area contributed by atoms with Gasteiger partial charge in [0, 0.05) is 24.8 Å². The van der Waals surface area contributed by atoms with Crippen molar-refractivity contribution in [3.05, 3.63) is 0 Å². The Morgan fingerprint density at radius 2 is 1.89 bits per heavy atom. The van der Waals surface area contributed by atoms with Gasteiger partial charge in [0.2, 0.25) is 0 Å². The lowest BCUT2D eigenvalue weighted by atomic mass is 10.1. The van der Waals surface area contributed by atoms with Gasteiger partial charge in [0.1, 0.15) is 0 Å². The molecule has 0 saturated heterocycles. The molecule has 4 N–H and O–H groups in total. The van der Waals surface area contributed by atoms with Gasteiger partial charge >= 0.3 is 0 Å². The zero-order valence-electron chi connectivity index (χ0n) is 12.2. The third-order valence-electron chi connectivity index (χ3n) is 3.12. The number of nitrogens with two attached hydrogens (primary N) is 1. The highest BCUT2D eigenvalue weighted by atomic mass is 14.9. The van der Waals surface area contributed by atoms with Crippen LogP contribution in [0.25, 0.3) is 0 Å². The second kappa shape index (κ2) is 11.2. The molecule has 18 heavy (non-hydrogen) atoms. The molecule has 4 nitrogen and oxygen atoms in total. The van der Waals surface area contributed by atoms with Gasteiger partial charge in [-0.3, -0.25) is 4.99 Å². The van der Waals surface area contributed by atoms with Crippen molar-refractivity contribution in [3.63, 3.8) is 0 Å². The van der Waals surface area contributed by atoms with Crippen molar-refractivity contribution < 1.29 is 0 Å². The predicted molar refractivity (Wildman–Crippen MR) is 80.7 cm³/mol. The summed E-state index contributed by atoms with van der Waals surface area (Å²) in [6.07, 6.45) is 7.43. The SMILES string of the molecule is CC(CCCCCCN=CN)NCC(=N)C(C)C. The highest BCUT2D eigenvalue weighted by molar-refractivity contribution is 5.85. The molecule has 0 aliphatic heterocycles. The summed E-state index contributed by atoms with van der Waals surface area (Å²) in [5.74, 6) is 0.354. The minimum atomic E-state index is 0.354. The maximum Gasteiger partial charge on any atom is 0.0797 e. The van der Waals surface area contributed by atoms with Gasteiger partial charge in [0.05, 0.1) is 6.34 Å². The van der Waals surface area contributed by atoms with Crippen molar-refractivity contribution in [2.75, 3.05) is 13.1 Å². The summed E-state index contributed by atoms with van der Waals surface area (Å²) in [5.41, 5.74) is 5.96. The molecule has 0 fully saturated rings. The lowest BCUT2D eigenvalue weighted by Crippen LogP contribution is -2.32. The number of unbranched alkanes of at least 4 members (excludes halogenated alkanes) is 3. The van der Waals surface area contributed by atoms with E-state index >= 15 is 0 Å². The molecule has 0 saturated carbocycles. The number of nitrogens with one attached hydrogen (secondary N) is 2. The van der Waals surface area contributed by atoms with Crippen molar-refractivity contribution in [3.8, 4) is 0 Å². The predicted octanol–water partition coefficient (Wildman–Crippen LogP) is 2.58. The molecule has 0 aliphatic rings. The highest BCUT2D eigenvalue weighted by Crippen LogP contribution is 2.06. The fraction of sp³-hybridized carbons (Fsp3) is 0.857. The van der Waals surface area contributed by atoms with Crippen LogP contribution >= 0.6 is 0 Å². The molecular weight excluding hydrogens is 224 g/mol. The molecule has 1 atom stereocenters. The van der Waals surface area contributed by atoms with Gasteiger partial charge in [-0.2, -0.15) is 0 Å². The number of aliphatic imine (C=N–C) groups is 1. The van der Waals surface area contributed by atoms with Gasteiger partial charge in [-0.25, -0.2) is 0 Å². The van der Waals surface area contributed by atoms with Crippen LogP contribution in [0.15, 0.2) is 4.99 Å². The molecule has 0 rings (SSSR count). The molecule has 0 amide bonds. The van der Waals surface area contributed by atoms with Crippen LogP contribution in [0.3, 0.4) is 0 Å². The standard InChI is InChI=1S/C14H30N4/c1-12(2)14(16)10-18-13(3)8-6-4-5-7-9-17-11-15/h11-13,16,18H,4-10H2,1-3H3,(H2,15,17). The van der Waals surface area contributed by atoms with E-state index in [1.165, 1.54) is 32.0 Å². The third-order valence-corrected chi connectivity index (χ3v) is 3.12. The van der Waals surface area contributed by atoms with E-state index in [1.54, 1.807) is 0 Å². The van der Waals surface area contributed by atoms with Crippen LogP contribution in [0.1, 0.15) is 52.9 Å². The normalized spacial score (nSPS) is 13.3. The smallest absolute Gasteiger partial charge is 0.0797 e. The molecule has 4 heteroatoms. The van der Waals surface area contributed by atoms with Crippen LogP contribution in [0, 0.1) is 11.3 Å². The van der Waals surface area contributed by atoms with E-state index in [0.717, 1.165) is 25.2 Å². The average molecular weight is 254 g/mol. The Morgan fingerprint density at radius 3 is 2.50 bits per heavy atom. The Hall–Kier alpha value is -0.900. The fourth-order valence-electron chi connectivity index (χ4n) is 1.67. The van der Waals surface area contributed by atoms with E-state index in [2.05, 4.69) is 31.1 Å². The molecule has 0 aliphatic carbocycles. The number of nitrogens with zero attached hydrogens (tertiary/aromatic N) is 1. The van der Waals surface area contributed by atoms with Gasteiger partial charge in [0.25, 0.3) is 0 Å². The maximum absolute atomic E-state index is 7.76. The Morgan fingerprint density at radius 1 is 1.22 bits per heavy atom. The molecule has 0 bridgehead atoms. The van der Waals surface area contributed by atoms with Crippen molar-refractivity contribution in [1.82, 2.24) is 5.32 Å². The van der Waals surface area contributed by atoms with Crippen molar-refractivity contribution in [1.29, 1.82) is 5.41 Å². The van der Waals surface area contributed by atoms with Crippen LogP contribution < -0.4 is 11.1 Å². The summed E-state index contributed by atoms with van der Waals surface area (Å²) in [6.45, 7) is 7.92. The number of hydrogen-bond donors (Lipinski definition) is 3. The highest BCUT2D eigenvalue weighted by Gasteiger charge is 2.05. The van der Waals surface area contributed by atoms with Gasteiger partial charge in [-0.15, -0.1) is 0 Å². The van der Waals surface area contributed by atoms with E-state index in [0.29, 0.717) is 12.0 Å². The zero-order chi connectivity index (χ0) is 13.8. The topological polar surface area (TPSA) is 74.3 Å². The van der Waals surface area contributed by atoms with Gasteiger partial charge in [-0.05, 0) is 25.7 Å².